The molecule has 1 aromatic heterocycles. The highest BCUT2D eigenvalue weighted by atomic mass is 35.5. The van der Waals surface area contributed by atoms with E-state index in [0.717, 1.165) is 30.6 Å². The number of rotatable bonds is 9. The first-order valence-corrected chi connectivity index (χ1v) is 15.1. The Morgan fingerprint density at radius 2 is 1.74 bits per heavy atom. The number of hydrogen-bond acceptors (Lipinski definition) is 5. The Morgan fingerprint density at radius 1 is 1.00 bits per heavy atom. The summed E-state index contributed by atoms with van der Waals surface area (Å²) in [6.45, 7) is 1.71. The third-order valence-corrected chi connectivity index (χ3v) is 9.12. The molecule has 12 heteroatoms. The summed E-state index contributed by atoms with van der Waals surface area (Å²) in [5.41, 5.74) is -0.565. The van der Waals surface area contributed by atoms with Gasteiger partial charge in [-0.25, -0.2) is 27.3 Å². The summed E-state index contributed by atoms with van der Waals surface area (Å²) in [4.78, 5) is 27.4. The summed E-state index contributed by atoms with van der Waals surface area (Å²) < 4.78 is 75.2. The van der Waals surface area contributed by atoms with Crippen LogP contribution < -0.4 is 9.47 Å². The van der Waals surface area contributed by atoms with E-state index < -0.39 is 40.4 Å². The van der Waals surface area contributed by atoms with E-state index in [0.29, 0.717) is 18.4 Å². The van der Waals surface area contributed by atoms with Gasteiger partial charge in [0, 0.05) is 42.5 Å². The smallest absolute Gasteiger partial charge is 0.335 e. The van der Waals surface area contributed by atoms with Crippen LogP contribution in [0.5, 0.6) is 11.5 Å². The molecule has 0 spiro atoms. The lowest BCUT2D eigenvalue weighted by molar-refractivity contribution is -0.109. The number of carboxylic acids is 1. The van der Waals surface area contributed by atoms with Gasteiger partial charge in [-0.1, -0.05) is 23.7 Å². The molecule has 7 rings (SSSR count). The monoisotopic (exact) mass is 664 g/mol. The molecule has 1 aliphatic carbocycles. The Bertz CT molecular complexity index is 2110. The largest absolute Gasteiger partial charge is 0.478 e. The molecule has 240 valence electrons. The summed E-state index contributed by atoms with van der Waals surface area (Å²) in [5.74, 6) is -5.78. The number of aromatic nitrogens is 2. The molecule has 0 saturated heterocycles. The molecule has 0 radical (unpaired) electrons. The van der Waals surface area contributed by atoms with Crippen LogP contribution in [0.25, 0.3) is 22.2 Å². The first-order chi connectivity index (χ1) is 22.4. The number of hydrogen-bond donors (Lipinski definition) is 1. The number of carbonyl (C=O) groups excluding carboxylic acids is 1. The maximum absolute atomic E-state index is 15.8. The molecule has 4 aromatic carbocycles. The first kappa shape index (κ1) is 30.7. The maximum Gasteiger partial charge on any atom is 0.335 e. The molecule has 2 aliphatic rings. The van der Waals surface area contributed by atoms with Crippen molar-refractivity contribution in [3.8, 4) is 22.6 Å². The average Bonchev–Trinajstić information content (AvgIpc) is 3.54. The zero-order valence-corrected chi connectivity index (χ0v) is 25.5. The van der Waals surface area contributed by atoms with Crippen molar-refractivity contribution < 1.29 is 41.7 Å². The van der Waals surface area contributed by atoms with E-state index >= 15 is 13.2 Å². The first-order valence-electron chi connectivity index (χ1n) is 14.7. The van der Waals surface area contributed by atoms with Crippen LogP contribution in [-0.2, 0) is 23.5 Å². The second-order valence-corrected chi connectivity index (χ2v) is 12.6. The number of fused-ring (bicyclic) bond motifs is 2. The van der Waals surface area contributed by atoms with E-state index in [4.69, 9.17) is 21.1 Å². The van der Waals surface area contributed by atoms with E-state index in [-0.39, 0.29) is 75.0 Å². The van der Waals surface area contributed by atoms with Crippen LogP contribution in [0.3, 0.4) is 0 Å². The number of aldehydes is 1. The molecule has 2 heterocycles. The minimum absolute atomic E-state index is 0.0766. The highest BCUT2D eigenvalue weighted by Crippen LogP contribution is 2.51. The number of ether oxygens (including phenoxy) is 2. The van der Waals surface area contributed by atoms with Gasteiger partial charge in [-0.05, 0) is 72.4 Å². The lowest BCUT2D eigenvalue weighted by atomic mass is 10.00. The second-order valence-electron chi connectivity index (χ2n) is 12.1. The van der Waals surface area contributed by atoms with Crippen LogP contribution in [-0.4, -0.2) is 26.9 Å². The fourth-order valence-corrected chi connectivity index (χ4v) is 6.35. The topological polar surface area (TPSA) is 90.6 Å². The lowest BCUT2D eigenvalue weighted by Gasteiger charge is -2.24. The zero-order chi connectivity index (χ0) is 33.2. The Morgan fingerprint density at radius 3 is 2.40 bits per heavy atom. The molecule has 0 bridgehead atoms. The van der Waals surface area contributed by atoms with Crippen LogP contribution in [0.15, 0.2) is 60.7 Å². The molecule has 1 aliphatic heterocycles. The van der Waals surface area contributed by atoms with Crippen molar-refractivity contribution in [2.75, 3.05) is 0 Å². The predicted molar refractivity (Wildman–Crippen MR) is 164 cm³/mol. The Balaban J connectivity index is 1.26. The number of halogens is 5. The van der Waals surface area contributed by atoms with Gasteiger partial charge in [-0.2, -0.15) is 0 Å². The van der Waals surface area contributed by atoms with Crippen molar-refractivity contribution in [2.45, 2.75) is 44.9 Å². The van der Waals surface area contributed by atoms with E-state index in [1.165, 1.54) is 25.1 Å². The minimum Gasteiger partial charge on any atom is -0.478 e. The minimum atomic E-state index is -1.58. The van der Waals surface area contributed by atoms with Gasteiger partial charge in [0.2, 0.25) is 0 Å². The van der Waals surface area contributed by atoms with E-state index in [1.807, 2.05) is 0 Å². The average molecular weight is 665 g/mol. The molecule has 47 heavy (non-hydrogen) atoms. The van der Waals surface area contributed by atoms with Crippen LogP contribution in [0.1, 0.15) is 53.5 Å². The SMILES string of the molecule is CC1(c2ccc(Cl)cc2F)Oc2cccc(-c3cc(F)c(Cc4nc5c(F)cc(C(=O)O)cc5n4CC4(CC=O)CC4)c(F)c3)c2O1. The summed E-state index contributed by atoms with van der Waals surface area (Å²) in [5, 5.41) is 9.70. The number of nitrogens with zero attached hydrogens (tertiary/aromatic N) is 2. The molecule has 5 aromatic rings. The van der Waals surface area contributed by atoms with Crippen molar-refractivity contribution in [1.82, 2.24) is 9.55 Å². The number of aromatic carboxylic acids is 1. The zero-order valence-electron chi connectivity index (χ0n) is 24.8. The third kappa shape index (κ3) is 5.38. The maximum atomic E-state index is 15.8. The van der Waals surface area contributed by atoms with Crippen molar-refractivity contribution >= 4 is 34.9 Å². The summed E-state index contributed by atoms with van der Waals surface area (Å²) in [6.07, 6.45) is 2.05. The molecule has 1 saturated carbocycles. The van der Waals surface area contributed by atoms with Crippen LogP contribution in [0, 0.1) is 28.7 Å². The molecule has 1 atom stereocenters. The summed E-state index contributed by atoms with van der Waals surface area (Å²) in [6, 6.07) is 13.2. The van der Waals surface area contributed by atoms with Gasteiger partial charge in [0.05, 0.1) is 16.6 Å². The Kier molecular flexibility index (Phi) is 7.27. The normalized spacial score (nSPS) is 17.7. The number of imidazole rings is 1. The number of carboxylic acid groups (broad SMARTS) is 1. The second kappa shape index (κ2) is 11.1. The van der Waals surface area contributed by atoms with Crippen LogP contribution in [0.4, 0.5) is 17.6 Å². The predicted octanol–water partition coefficient (Wildman–Crippen LogP) is 8.22. The van der Waals surface area contributed by atoms with E-state index in [1.54, 1.807) is 22.8 Å². The molecule has 1 unspecified atom stereocenters. The fraction of sp³-hybridized carbons (Fsp3) is 0.229. The highest BCUT2D eigenvalue weighted by Gasteiger charge is 2.44. The van der Waals surface area contributed by atoms with Crippen molar-refractivity contribution in [3.05, 3.63) is 111 Å². The number of para-hydroxylation sites is 1. The van der Waals surface area contributed by atoms with Gasteiger partial charge in [-0.3, -0.25) is 0 Å². The molecule has 0 amide bonds. The summed E-state index contributed by atoms with van der Waals surface area (Å²) in [7, 11) is 0. The molecular formula is C35H25ClF4N2O5. The summed E-state index contributed by atoms with van der Waals surface area (Å²) >= 11 is 5.91. The van der Waals surface area contributed by atoms with Gasteiger partial charge >= 0.3 is 5.97 Å². The van der Waals surface area contributed by atoms with Gasteiger partial charge in [0.25, 0.3) is 5.79 Å². The molecule has 7 nitrogen and oxygen atoms in total. The van der Waals surface area contributed by atoms with Gasteiger partial charge in [0.1, 0.15) is 35.1 Å². The van der Waals surface area contributed by atoms with Gasteiger partial charge in [-0.15, -0.1) is 0 Å². The standard InChI is InChI=1S/C35H25ClF4N2O5/c1-34(23-6-5-20(36)15-26(23)39)46-29-4-2-3-21(32(29)47-34)18-11-24(37)22(25(38)12-18)16-30-41-31-27(40)13-19(33(44)45)14-28(31)42(30)17-35(7-8-35)9-10-43/h2-6,10-15H,7-9,16-17H2,1H3,(H,44,45). The van der Waals surface area contributed by atoms with Crippen LogP contribution >= 0.6 is 11.6 Å². The lowest BCUT2D eigenvalue weighted by Crippen LogP contribution is -2.32. The van der Waals surface area contributed by atoms with Crippen LogP contribution in [0.2, 0.25) is 5.02 Å². The quantitative estimate of drug-likeness (QED) is 0.126. The van der Waals surface area contributed by atoms with E-state index in [9.17, 15) is 19.1 Å². The molecular weight excluding hydrogens is 640 g/mol. The third-order valence-electron chi connectivity index (χ3n) is 8.89. The van der Waals surface area contributed by atoms with Crippen molar-refractivity contribution in [3.63, 3.8) is 0 Å². The Labute approximate surface area is 270 Å². The molecule has 1 N–H and O–H groups in total. The number of benzene rings is 4. The molecule has 1 fully saturated rings. The van der Waals surface area contributed by atoms with Crippen molar-refractivity contribution in [1.29, 1.82) is 0 Å². The highest BCUT2D eigenvalue weighted by molar-refractivity contribution is 6.30. The van der Waals surface area contributed by atoms with Gasteiger partial charge in [0.15, 0.2) is 17.3 Å². The van der Waals surface area contributed by atoms with Gasteiger partial charge < -0.3 is 23.9 Å². The fourth-order valence-electron chi connectivity index (χ4n) is 6.19. The Hall–Kier alpha value is -4.90. The number of carbonyl (C=O) groups is 2. The van der Waals surface area contributed by atoms with E-state index in [2.05, 4.69) is 4.98 Å². The van der Waals surface area contributed by atoms with Crippen molar-refractivity contribution in [2.24, 2.45) is 5.41 Å².